The molecule has 1 aromatic carbocycles. The van der Waals surface area contributed by atoms with Crippen molar-refractivity contribution < 1.29 is 18.0 Å². The van der Waals surface area contributed by atoms with Crippen molar-refractivity contribution in [1.82, 2.24) is 9.97 Å². The van der Waals surface area contributed by atoms with E-state index in [1.165, 1.54) is 0 Å². The smallest absolute Gasteiger partial charge is 0.345 e. The van der Waals surface area contributed by atoms with Crippen molar-refractivity contribution in [2.75, 3.05) is 17.2 Å². The van der Waals surface area contributed by atoms with Crippen molar-refractivity contribution in [3.05, 3.63) is 46.8 Å². The average molecular weight is 338 g/mol. The molecule has 0 saturated heterocycles. The number of halogens is 3. The summed E-state index contributed by atoms with van der Waals surface area (Å²) in [5.41, 5.74) is 2.54. The zero-order valence-electron chi connectivity index (χ0n) is 13.5. The van der Waals surface area contributed by atoms with E-state index >= 15 is 0 Å². The van der Waals surface area contributed by atoms with Crippen LogP contribution >= 0.6 is 0 Å². The van der Waals surface area contributed by atoms with E-state index in [2.05, 4.69) is 20.6 Å². The quantitative estimate of drug-likeness (QED) is 0.896. The lowest BCUT2D eigenvalue weighted by atomic mass is 10.1. The van der Waals surface area contributed by atoms with E-state index in [9.17, 15) is 18.0 Å². The molecule has 0 bridgehead atoms. The number of amides is 1. The molecule has 8 heteroatoms. The molecule has 0 aliphatic rings. The fraction of sp³-hybridized carbons (Fsp3) is 0.312. The first-order chi connectivity index (χ1) is 11.2. The summed E-state index contributed by atoms with van der Waals surface area (Å²) < 4.78 is 37.7. The Bertz CT molecular complexity index is 736. The second-order valence-corrected chi connectivity index (χ2v) is 5.44. The molecule has 1 heterocycles. The Kier molecular flexibility index (Phi) is 5.06. The van der Waals surface area contributed by atoms with Crippen molar-refractivity contribution in [3.8, 4) is 0 Å². The molecule has 24 heavy (non-hydrogen) atoms. The third-order valence-electron chi connectivity index (χ3n) is 3.29. The van der Waals surface area contributed by atoms with Gasteiger partial charge in [0.1, 0.15) is 5.69 Å². The topological polar surface area (TPSA) is 66.9 Å². The number of benzene rings is 1. The summed E-state index contributed by atoms with van der Waals surface area (Å²) >= 11 is 0. The second-order valence-electron chi connectivity index (χ2n) is 5.44. The van der Waals surface area contributed by atoms with Crippen LogP contribution in [0.25, 0.3) is 0 Å². The van der Waals surface area contributed by atoms with Gasteiger partial charge in [-0.15, -0.1) is 0 Å². The molecule has 0 atom stereocenters. The number of nitrogens with zero attached hydrogens (tertiary/aromatic N) is 2. The summed E-state index contributed by atoms with van der Waals surface area (Å²) in [6, 6.07) is 4.64. The molecule has 2 N–H and O–H groups in total. The number of aryl methyl sites for hydroxylation is 3. The van der Waals surface area contributed by atoms with Crippen LogP contribution in [0.4, 0.5) is 24.8 Å². The summed E-state index contributed by atoms with van der Waals surface area (Å²) in [6.45, 7) is 5.46. The molecule has 1 aromatic heterocycles. The Morgan fingerprint density at radius 3 is 2.38 bits per heavy atom. The lowest BCUT2D eigenvalue weighted by Crippen LogP contribution is -2.24. The molecule has 0 saturated carbocycles. The van der Waals surface area contributed by atoms with Crippen molar-refractivity contribution in [2.45, 2.75) is 26.9 Å². The third kappa shape index (κ3) is 4.43. The van der Waals surface area contributed by atoms with Crippen LogP contribution in [0, 0.1) is 20.8 Å². The Hall–Kier alpha value is -2.64. The number of nitrogens with one attached hydrogen (secondary N) is 2. The first kappa shape index (κ1) is 17.7. The highest BCUT2D eigenvalue weighted by atomic mass is 19.4. The van der Waals surface area contributed by atoms with E-state index in [1.807, 2.05) is 32.9 Å². The molecule has 0 aliphatic carbocycles. The number of carbonyl (C=O) groups excluding carboxylic acids is 1. The zero-order valence-corrected chi connectivity index (χ0v) is 13.5. The molecule has 2 aromatic rings. The predicted molar refractivity (Wildman–Crippen MR) is 84.8 cm³/mol. The third-order valence-corrected chi connectivity index (χ3v) is 3.29. The lowest BCUT2D eigenvalue weighted by molar-refractivity contribution is -0.141. The summed E-state index contributed by atoms with van der Waals surface area (Å²) in [5.74, 6) is -0.650. The van der Waals surface area contributed by atoms with Crippen LogP contribution in [-0.4, -0.2) is 22.4 Å². The Morgan fingerprint density at radius 2 is 1.79 bits per heavy atom. The van der Waals surface area contributed by atoms with Gasteiger partial charge in [0.05, 0.1) is 6.54 Å². The molecule has 0 fully saturated rings. The standard InChI is InChI=1S/C16H17F3N4O/c1-9-6-10(2)14(11(3)7-9)23-13(24)8-21-15-20-5-4-12(22-15)16(17,18)19/h4-7H,8H2,1-3H3,(H,23,24)(H,20,21,22). The fourth-order valence-corrected chi connectivity index (χ4v) is 2.32. The number of hydrogen-bond acceptors (Lipinski definition) is 4. The number of anilines is 2. The minimum Gasteiger partial charge on any atom is -0.345 e. The van der Waals surface area contributed by atoms with Crippen molar-refractivity contribution in [1.29, 1.82) is 0 Å². The molecule has 2 rings (SSSR count). The molecular weight excluding hydrogens is 321 g/mol. The predicted octanol–water partition coefficient (Wildman–Crippen LogP) is 3.47. The molecule has 0 aliphatic heterocycles. The normalized spacial score (nSPS) is 11.2. The summed E-state index contributed by atoms with van der Waals surface area (Å²) in [7, 11) is 0. The van der Waals surface area contributed by atoms with Gasteiger partial charge in [-0.3, -0.25) is 4.79 Å². The Labute approximate surface area is 137 Å². The number of hydrogen-bond donors (Lipinski definition) is 2. The number of aromatic nitrogens is 2. The van der Waals surface area contributed by atoms with Gasteiger partial charge in [-0.25, -0.2) is 9.97 Å². The molecular formula is C16H17F3N4O. The van der Waals surface area contributed by atoms with E-state index in [1.54, 1.807) is 0 Å². The van der Waals surface area contributed by atoms with Gasteiger partial charge in [0.25, 0.3) is 0 Å². The maximum Gasteiger partial charge on any atom is 0.433 e. The maximum atomic E-state index is 12.6. The van der Waals surface area contributed by atoms with Crippen LogP contribution in [0.2, 0.25) is 0 Å². The van der Waals surface area contributed by atoms with Crippen LogP contribution in [0.15, 0.2) is 24.4 Å². The summed E-state index contributed by atoms with van der Waals surface area (Å²) in [4.78, 5) is 19.0. The number of carbonyl (C=O) groups is 1. The van der Waals surface area contributed by atoms with Gasteiger partial charge >= 0.3 is 6.18 Å². The van der Waals surface area contributed by atoms with Crippen molar-refractivity contribution in [3.63, 3.8) is 0 Å². The van der Waals surface area contributed by atoms with Gasteiger partial charge in [-0.2, -0.15) is 13.2 Å². The van der Waals surface area contributed by atoms with Crippen LogP contribution < -0.4 is 10.6 Å². The zero-order chi connectivity index (χ0) is 17.9. The van der Waals surface area contributed by atoms with Crippen molar-refractivity contribution >= 4 is 17.5 Å². The van der Waals surface area contributed by atoms with E-state index in [4.69, 9.17) is 0 Å². The molecule has 0 unspecified atom stereocenters. The van der Waals surface area contributed by atoms with Crippen LogP contribution in [-0.2, 0) is 11.0 Å². The van der Waals surface area contributed by atoms with Gasteiger partial charge in [-0.05, 0) is 38.0 Å². The summed E-state index contributed by atoms with van der Waals surface area (Å²) in [6.07, 6.45) is -3.57. The SMILES string of the molecule is Cc1cc(C)c(NC(=O)CNc2nccc(C(F)(F)F)n2)c(C)c1. The Morgan fingerprint density at radius 1 is 1.17 bits per heavy atom. The molecule has 128 valence electrons. The second kappa shape index (κ2) is 6.86. The fourth-order valence-electron chi connectivity index (χ4n) is 2.32. The van der Waals surface area contributed by atoms with Crippen molar-refractivity contribution in [2.24, 2.45) is 0 Å². The van der Waals surface area contributed by atoms with Crippen LogP contribution in [0.5, 0.6) is 0 Å². The molecule has 1 amide bonds. The highest BCUT2D eigenvalue weighted by Crippen LogP contribution is 2.27. The summed E-state index contributed by atoms with van der Waals surface area (Å²) in [5, 5.41) is 5.23. The first-order valence-corrected chi connectivity index (χ1v) is 7.18. The largest absolute Gasteiger partial charge is 0.433 e. The molecule has 5 nitrogen and oxygen atoms in total. The van der Waals surface area contributed by atoms with Gasteiger partial charge in [-0.1, -0.05) is 17.7 Å². The van der Waals surface area contributed by atoms with E-state index < -0.39 is 17.8 Å². The highest BCUT2D eigenvalue weighted by molar-refractivity contribution is 5.95. The Balaban J connectivity index is 2.02. The van der Waals surface area contributed by atoms with E-state index in [0.717, 1.165) is 29.0 Å². The van der Waals surface area contributed by atoms with Crippen LogP contribution in [0.1, 0.15) is 22.4 Å². The first-order valence-electron chi connectivity index (χ1n) is 7.18. The van der Waals surface area contributed by atoms with E-state index in [0.29, 0.717) is 5.69 Å². The number of alkyl halides is 3. The maximum absolute atomic E-state index is 12.6. The molecule has 0 spiro atoms. The highest BCUT2D eigenvalue weighted by Gasteiger charge is 2.32. The van der Waals surface area contributed by atoms with Crippen LogP contribution in [0.3, 0.4) is 0 Å². The van der Waals surface area contributed by atoms with Gasteiger partial charge < -0.3 is 10.6 Å². The average Bonchev–Trinajstić information content (AvgIpc) is 2.48. The van der Waals surface area contributed by atoms with Gasteiger partial charge in [0.2, 0.25) is 11.9 Å². The van der Waals surface area contributed by atoms with E-state index in [-0.39, 0.29) is 12.5 Å². The van der Waals surface area contributed by atoms with Gasteiger partial charge in [0.15, 0.2) is 0 Å². The minimum absolute atomic E-state index is 0.242. The molecule has 0 radical (unpaired) electrons. The lowest BCUT2D eigenvalue weighted by Gasteiger charge is -2.13. The monoisotopic (exact) mass is 338 g/mol. The van der Waals surface area contributed by atoms with Gasteiger partial charge in [0, 0.05) is 11.9 Å². The minimum atomic E-state index is -4.56. The number of rotatable bonds is 4.